The Morgan fingerprint density at radius 2 is 1.47 bits per heavy atom. The molecule has 2 amide bonds. The highest BCUT2D eigenvalue weighted by Gasteiger charge is 2.22. The van der Waals surface area contributed by atoms with Crippen LogP contribution in [0.2, 0.25) is 0 Å². The minimum Gasteiger partial charge on any atom is -0.361 e. The van der Waals surface area contributed by atoms with Crippen LogP contribution in [0, 0.1) is 0 Å². The molecule has 5 heteroatoms. The van der Waals surface area contributed by atoms with Crippen LogP contribution in [-0.2, 0) is 28.9 Å². The normalized spacial score (nSPS) is 11.8. The van der Waals surface area contributed by atoms with Crippen molar-refractivity contribution >= 4 is 22.7 Å². The van der Waals surface area contributed by atoms with Crippen molar-refractivity contribution < 1.29 is 9.59 Å². The van der Waals surface area contributed by atoms with Gasteiger partial charge in [0.1, 0.15) is 6.04 Å². The number of rotatable bonds is 9. The van der Waals surface area contributed by atoms with Crippen molar-refractivity contribution in [3.8, 4) is 0 Å². The molecule has 3 N–H and O–H groups in total. The Hall–Kier alpha value is -3.86. The van der Waals surface area contributed by atoms with E-state index in [2.05, 4.69) is 15.6 Å². The molecule has 3 aromatic carbocycles. The second-order valence-electron chi connectivity index (χ2n) is 7.87. The number of nitrogens with one attached hydrogen (secondary N) is 3. The quantitative estimate of drug-likeness (QED) is 0.382. The van der Waals surface area contributed by atoms with Gasteiger partial charge in [0.15, 0.2) is 0 Å². The summed E-state index contributed by atoms with van der Waals surface area (Å²) in [5.74, 6) is -0.341. The number of hydrogen-bond acceptors (Lipinski definition) is 2. The van der Waals surface area contributed by atoms with Crippen LogP contribution in [0.3, 0.4) is 0 Å². The number of hydrogen-bond donors (Lipinski definition) is 3. The zero-order valence-corrected chi connectivity index (χ0v) is 17.9. The van der Waals surface area contributed by atoms with Crippen LogP contribution < -0.4 is 10.6 Å². The van der Waals surface area contributed by atoms with E-state index in [0.29, 0.717) is 13.0 Å². The molecule has 5 nitrogen and oxygen atoms in total. The van der Waals surface area contributed by atoms with E-state index in [9.17, 15) is 9.59 Å². The number of para-hydroxylation sites is 1. The smallest absolute Gasteiger partial charge is 0.242 e. The van der Waals surface area contributed by atoms with Crippen LogP contribution in [0.1, 0.15) is 16.7 Å². The number of carbonyl (C=O) groups excluding carboxylic acids is 2. The summed E-state index contributed by atoms with van der Waals surface area (Å²) >= 11 is 0. The summed E-state index contributed by atoms with van der Waals surface area (Å²) in [7, 11) is 0. The molecule has 4 aromatic rings. The lowest BCUT2D eigenvalue weighted by molar-refractivity contribution is -0.128. The van der Waals surface area contributed by atoms with E-state index in [1.165, 1.54) is 0 Å². The second-order valence-corrected chi connectivity index (χ2v) is 7.87. The fourth-order valence-electron chi connectivity index (χ4n) is 3.85. The van der Waals surface area contributed by atoms with E-state index in [1.807, 2.05) is 91.1 Å². The first-order valence-electron chi connectivity index (χ1n) is 10.9. The lowest BCUT2D eigenvalue weighted by Crippen LogP contribution is -2.48. The third-order valence-electron chi connectivity index (χ3n) is 5.51. The summed E-state index contributed by atoms with van der Waals surface area (Å²) in [5, 5.41) is 7.01. The third kappa shape index (κ3) is 5.64. The fraction of sp³-hybridized carbons (Fsp3) is 0.185. The van der Waals surface area contributed by atoms with Crippen molar-refractivity contribution in [3.63, 3.8) is 0 Å². The topological polar surface area (TPSA) is 74.0 Å². The number of amides is 2. The summed E-state index contributed by atoms with van der Waals surface area (Å²) in [4.78, 5) is 29.0. The molecular formula is C27H27N3O2. The highest BCUT2D eigenvalue weighted by atomic mass is 16.2. The van der Waals surface area contributed by atoms with Gasteiger partial charge in [0.25, 0.3) is 0 Å². The van der Waals surface area contributed by atoms with E-state index in [4.69, 9.17) is 0 Å². The van der Waals surface area contributed by atoms with Gasteiger partial charge in [0.2, 0.25) is 11.8 Å². The van der Waals surface area contributed by atoms with Crippen LogP contribution in [0.15, 0.2) is 91.1 Å². The SMILES string of the molecule is O=C(Cc1ccccc1)NC(Cc1c[nH]c2ccccc12)C(=O)NCCc1ccccc1. The highest BCUT2D eigenvalue weighted by Crippen LogP contribution is 2.19. The molecule has 0 saturated heterocycles. The first-order valence-corrected chi connectivity index (χ1v) is 10.9. The monoisotopic (exact) mass is 425 g/mol. The average Bonchev–Trinajstić information content (AvgIpc) is 3.23. The van der Waals surface area contributed by atoms with E-state index in [1.54, 1.807) is 0 Å². The zero-order valence-electron chi connectivity index (χ0n) is 17.9. The summed E-state index contributed by atoms with van der Waals surface area (Å²) in [5.41, 5.74) is 4.10. The van der Waals surface area contributed by atoms with Crippen molar-refractivity contribution in [2.24, 2.45) is 0 Å². The molecule has 0 aliphatic heterocycles. The van der Waals surface area contributed by atoms with Crippen LogP contribution >= 0.6 is 0 Å². The van der Waals surface area contributed by atoms with Crippen LogP contribution in [-0.4, -0.2) is 29.4 Å². The van der Waals surface area contributed by atoms with E-state index in [-0.39, 0.29) is 18.2 Å². The summed E-state index contributed by atoms with van der Waals surface area (Å²) in [6, 6.07) is 26.9. The van der Waals surface area contributed by atoms with Gasteiger partial charge < -0.3 is 15.6 Å². The first-order chi connectivity index (χ1) is 15.7. The number of benzene rings is 3. The number of fused-ring (bicyclic) bond motifs is 1. The Morgan fingerprint density at radius 1 is 0.812 bits per heavy atom. The molecular weight excluding hydrogens is 398 g/mol. The molecule has 0 fully saturated rings. The van der Waals surface area contributed by atoms with Gasteiger partial charge in [0, 0.05) is 30.1 Å². The summed E-state index contributed by atoms with van der Waals surface area (Å²) in [6.45, 7) is 0.516. The van der Waals surface area contributed by atoms with Gasteiger partial charge in [-0.2, -0.15) is 0 Å². The maximum atomic E-state index is 13.0. The number of aromatic nitrogens is 1. The first kappa shape index (κ1) is 21.4. The predicted octanol–water partition coefficient (Wildman–Crippen LogP) is 3.80. The Bertz CT molecular complexity index is 1170. The molecule has 1 atom stereocenters. The molecule has 0 radical (unpaired) electrons. The van der Waals surface area contributed by atoms with Crippen molar-refractivity contribution in [1.29, 1.82) is 0 Å². The van der Waals surface area contributed by atoms with E-state index >= 15 is 0 Å². The highest BCUT2D eigenvalue weighted by molar-refractivity contribution is 5.90. The number of H-pyrrole nitrogens is 1. The van der Waals surface area contributed by atoms with E-state index < -0.39 is 6.04 Å². The van der Waals surface area contributed by atoms with Gasteiger partial charge in [-0.1, -0.05) is 78.9 Å². The maximum absolute atomic E-state index is 13.0. The van der Waals surface area contributed by atoms with Gasteiger partial charge in [-0.3, -0.25) is 9.59 Å². The van der Waals surface area contributed by atoms with Gasteiger partial charge in [-0.15, -0.1) is 0 Å². The van der Waals surface area contributed by atoms with Gasteiger partial charge in [-0.25, -0.2) is 0 Å². The van der Waals surface area contributed by atoms with Gasteiger partial charge in [0.05, 0.1) is 6.42 Å². The molecule has 1 unspecified atom stereocenters. The second kappa shape index (κ2) is 10.4. The molecule has 1 aromatic heterocycles. The molecule has 4 rings (SSSR count). The predicted molar refractivity (Wildman–Crippen MR) is 127 cm³/mol. The number of carbonyl (C=O) groups is 2. The Morgan fingerprint density at radius 3 is 2.22 bits per heavy atom. The summed E-state index contributed by atoms with van der Waals surface area (Å²) in [6.07, 6.45) is 3.31. The van der Waals surface area contributed by atoms with Crippen LogP contribution in [0.4, 0.5) is 0 Å². The molecule has 0 aliphatic rings. The minimum absolute atomic E-state index is 0.167. The molecule has 162 valence electrons. The summed E-state index contributed by atoms with van der Waals surface area (Å²) < 4.78 is 0. The lowest BCUT2D eigenvalue weighted by Gasteiger charge is -2.19. The van der Waals surface area contributed by atoms with Gasteiger partial charge >= 0.3 is 0 Å². The van der Waals surface area contributed by atoms with Crippen LogP contribution in [0.25, 0.3) is 10.9 Å². The van der Waals surface area contributed by atoms with Crippen molar-refractivity contribution in [2.75, 3.05) is 6.54 Å². The molecule has 0 bridgehead atoms. The molecule has 0 spiro atoms. The Kier molecular flexibility index (Phi) is 6.98. The zero-order chi connectivity index (χ0) is 22.2. The molecule has 1 heterocycles. The minimum atomic E-state index is -0.652. The third-order valence-corrected chi connectivity index (χ3v) is 5.51. The van der Waals surface area contributed by atoms with Crippen molar-refractivity contribution in [1.82, 2.24) is 15.6 Å². The fourth-order valence-corrected chi connectivity index (χ4v) is 3.85. The molecule has 0 aliphatic carbocycles. The van der Waals surface area contributed by atoms with Crippen molar-refractivity contribution in [2.45, 2.75) is 25.3 Å². The molecule has 0 saturated carbocycles. The standard InChI is InChI=1S/C27H27N3O2/c31-26(17-21-11-5-2-6-12-21)30-25(18-22-19-29-24-14-8-7-13-23(22)24)27(32)28-16-15-20-9-3-1-4-10-20/h1-14,19,25,29H,15-18H2,(H,28,32)(H,30,31). The van der Waals surface area contributed by atoms with Gasteiger partial charge in [-0.05, 0) is 29.2 Å². The van der Waals surface area contributed by atoms with Crippen molar-refractivity contribution in [3.05, 3.63) is 108 Å². The maximum Gasteiger partial charge on any atom is 0.242 e. The average molecular weight is 426 g/mol. The lowest BCUT2D eigenvalue weighted by atomic mass is 10.0. The Labute approximate surface area is 187 Å². The Balaban J connectivity index is 1.44. The van der Waals surface area contributed by atoms with Crippen LogP contribution in [0.5, 0.6) is 0 Å². The molecule has 32 heavy (non-hydrogen) atoms. The number of aromatic amines is 1. The van der Waals surface area contributed by atoms with E-state index in [0.717, 1.165) is 34.0 Å². The largest absolute Gasteiger partial charge is 0.361 e.